The van der Waals surface area contributed by atoms with Crippen LogP contribution in [0.1, 0.15) is 112 Å². The van der Waals surface area contributed by atoms with Crippen LogP contribution >= 0.6 is 35.3 Å². The minimum Gasteiger partial charge on any atom is -0.466 e. The molecule has 0 aliphatic heterocycles. The maximum Gasteiger partial charge on any atom is 0.107 e. The van der Waals surface area contributed by atoms with Crippen LogP contribution in [-0.2, 0) is 17.3 Å². The summed E-state index contributed by atoms with van der Waals surface area (Å²) in [5, 5.41) is 1.21. The molecule has 5 heteroatoms. The van der Waals surface area contributed by atoms with E-state index in [1.54, 1.807) is 11.3 Å². The summed E-state index contributed by atoms with van der Waals surface area (Å²) in [4.78, 5) is 7.73. The zero-order valence-electron chi connectivity index (χ0n) is 20.9. The molecule has 0 fully saturated rings. The number of furan rings is 1. The molecule has 3 heterocycles. The molecule has 2 unspecified atom stereocenters. The lowest BCUT2D eigenvalue weighted by Crippen LogP contribution is -2.18. The third kappa shape index (κ3) is 5.90. The predicted octanol–water partition coefficient (Wildman–Crippen LogP) is 9.29. The lowest BCUT2D eigenvalue weighted by Gasteiger charge is -2.26. The van der Waals surface area contributed by atoms with Crippen LogP contribution in [0.5, 0.6) is 0 Å². The van der Waals surface area contributed by atoms with Gasteiger partial charge in [-0.1, -0.05) is 48.5 Å². The summed E-state index contributed by atoms with van der Waals surface area (Å²) in [5.41, 5.74) is 1.26. The van der Waals surface area contributed by atoms with Crippen molar-refractivity contribution in [1.82, 2.24) is 4.98 Å². The monoisotopic (exact) mass is 489 g/mol. The predicted molar refractivity (Wildman–Crippen MR) is 143 cm³/mol. The van der Waals surface area contributed by atoms with E-state index < -0.39 is 0 Å². The lowest BCUT2D eigenvalue weighted by atomic mass is 9.81. The average molecular weight is 490 g/mol. The van der Waals surface area contributed by atoms with Gasteiger partial charge in [0.15, 0.2) is 0 Å². The van der Waals surface area contributed by atoms with Crippen molar-refractivity contribution in [3.05, 3.63) is 56.2 Å². The summed E-state index contributed by atoms with van der Waals surface area (Å²) in [5.74, 6) is 3.16. The molecule has 3 rings (SSSR count). The summed E-state index contributed by atoms with van der Waals surface area (Å²) >= 11 is 8.27. The van der Waals surface area contributed by atoms with Crippen molar-refractivity contribution in [3.63, 3.8) is 0 Å². The molecule has 3 aromatic heterocycles. The minimum absolute atomic E-state index is 0.0832. The van der Waals surface area contributed by atoms with Crippen LogP contribution in [0.25, 0.3) is 0 Å². The Bertz CT molecular complexity index is 1000. The van der Waals surface area contributed by atoms with Gasteiger partial charge in [0.1, 0.15) is 11.5 Å². The number of thiol groups is 1. The molecule has 0 aliphatic rings. The fourth-order valence-corrected chi connectivity index (χ4v) is 6.75. The van der Waals surface area contributed by atoms with Crippen LogP contribution in [0.3, 0.4) is 0 Å². The van der Waals surface area contributed by atoms with E-state index in [9.17, 15) is 0 Å². The van der Waals surface area contributed by atoms with Crippen molar-refractivity contribution in [2.75, 3.05) is 0 Å². The Morgan fingerprint density at radius 2 is 1.72 bits per heavy atom. The number of thiophene rings is 1. The van der Waals surface area contributed by atoms with Gasteiger partial charge in [0.2, 0.25) is 0 Å². The average Bonchev–Trinajstić information content (AvgIpc) is 3.46. The lowest BCUT2D eigenvalue weighted by molar-refractivity contribution is 0.380. The van der Waals surface area contributed by atoms with Crippen LogP contribution in [0.2, 0.25) is 0 Å². The van der Waals surface area contributed by atoms with Gasteiger partial charge in [0.05, 0.1) is 14.9 Å². The van der Waals surface area contributed by atoms with E-state index in [0.717, 1.165) is 47.1 Å². The van der Waals surface area contributed by atoms with Crippen molar-refractivity contribution >= 4 is 35.3 Å². The molecule has 0 aromatic carbocycles. The van der Waals surface area contributed by atoms with Crippen molar-refractivity contribution in [2.24, 2.45) is 0 Å². The highest BCUT2D eigenvalue weighted by molar-refractivity contribution is 7.83. The molecule has 2 atom stereocenters. The molecular formula is C27H39NOS3. The third-order valence-corrected chi connectivity index (χ3v) is 10.3. The first-order valence-electron chi connectivity index (χ1n) is 11.8. The van der Waals surface area contributed by atoms with Crippen molar-refractivity contribution < 1.29 is 4.42 Å². The number of thiazole rings is 1. The van der Waals surface area contributed by atoms with Crippen LogP contribution in [0.15, 0.2) is 32.9 Å². The first kappa shape index (κ1) is 25.6. The summed E-state index contributed by atoms with van der Waals surface area (Å²) in [7, 11) is 0. The highest BCUT2D eigenvalue weighted by atomic mass is 32.2. The quantitative estimate of drug-likeness (QED) is 0.287. The van der Waals surface area contributed by atoms with Crippen LogP contribution in [0, 0.1) is 6.92 Å². The van der Waals surface area contributed by atoms with E-state index in [2.05, 4.69) is 85.4 Å². The summed E-state index contributed by atoms with van der Waals surface area (Å²) in [6.45, 7) is 18.2. The second kappa shape index (κ2) is 10.1. The number of hydrogen-bond acceptors (Lipinski definition) is 5. The molecule has 0 radical (unpaired) electrons. The molecule has 0 amide bonds. The Morgan fingerprint density at radius 1 is 1.00 bits per heavy atom. The number of rotatable bonds is 10. The van der Waals surface area contributed by atoms with Crippen molar-refractivity contribution in [2.45, 2.75) is 108 Å². The largest absolute Gasteiger partial charge is 0.466 e. The molecule has 0 N–H and O–H groups in total. The summed E-state index contributed by atoms with van der Waals surface area (Å²) in [6.07, 6.45) is 4.33. The van der Waals surface area contributed by atoms with Gasteiger partial charge < -0.3 is 4.42 Å². The maximum absolute atomic E-state index is 6.02. The van der Waals surface area contributed by atoms with E-state index in [-0.39, 0.29) is 10.8 Å². The second-order valence-corrected chi connectivity index (χ2v) is 13.4. The van der Waals surface area contributed by atoms with E-state index >= 15 is 0 Å². The fourth-order valence-electron chi connectivity index (χ4n) is 4.30. The third-order valence-electron chi connectivity index (χ3n) is 6.67. The summed E-state index contributed by atoms with van der Waals surface area (Å²) in [6, 6.07) is 8.98. The molecule has 0 saturated heterocycles. The van der Waals surface area contributed by atoms with Crippen LogP contribution in [-0.4, -0.2) is 4.98 Å². The summed E-state index contributed by atoms with van der Waals surface area (Å²) < 4.78 is 7.07. The van der Waals surface area contributed by atoms with Gasteiger partial charge in [-0.25, -0.2) is 4.98 Å². The topological polar surface area (TPSA) is 26.0 Å². The number of nitrogens with zero attached hydrogens (tertiary/aromatic N) is 1. The van der Waals surface area contributed by atoms with Gasteiger partial charge in [-0.05, 0) is 61.8 Å². The van der Waals surface area contributed by atoms with Gasteiger partial charge in [-0.2, -0.15) is 0 Å². The molecule has 0 saturated carbocycles. The van der Waals surface area contributed by atoms with Gasteiger partial charge in [-0.3, -0.25) is 0 Å². The normalized spacial score (nSPS) is 14.7. The van der Waals surface area contributed by atoms with E-state index in [1.807, 2.05) is 18.3 Å². The smallest absolute Gasteiger partial charge is 0.107 e. The molecule has 2 nitrogen and oxygen atoms in total. The molecule has 0 aliphatic carbocycles. The zero-order chi connectivity index (χ0) is 23.7. The minimum atomic E-state index is 0.0832. The number of hydrogen-bond donors (Lipinski definition) is 1. The Hall–Kier alpha value is -1.04. The Morgan fingerprint density at radius 3 is 2.31 bits per heavy atom. The molecule has 3 aromatic rings. The Kier molecular flexibility index (Phi) is 8.05. The van der Waals surface area contributed by atoms with Gasteiger partial charge in [0.25, 0.3) is 0 Å². The zero-order valence-corrected chi connectivity index (χ0v) is 23.4. The Labute approximate surface area is 208 Å². The number of aromatic nitrogens is 1. The van der Waals surface area contributed by atoms with E-state index in [4.69, 9.17) is 9.40 Å². The van der Waals surface area contributed by atoms with Gasteiger partial charge in [-0.15, -0.1) is 35.3 Å². The standard InChI is InChI=1S/C27H39NOS3/c1-9-20-10-11-21(29-20)18(3)16-27(7,8)23-13-12-22(31-23)17(2)14-15-26(5,6)25-28-19(4)24(30)32-25/h10-13,17-18,30H,9,14-16H2,1-8H3. The SMILES string of the molecule is CCc1ccc(C(C)CC(C)(C)c2ccc(C(C)CCC(C)(C)c3nc(C)c(S)s3)s2)o1. The second-order valence-electron chi connectivity index (χ2n) is 10.6. The first-order chi connectivity index (χ1) is 14.9. The van der Waals surface area contributed by atoms with Gasteiger partial charge in [0, 0.05) is 27.5 Å². The molecular weight excluding hydrogens is 451 g/mol. The highest BCUT2D eigenvalue weighted by Gasteiger charge is 2.29. The molecule has 32 heavy (non-hydrogen) atoms. The van der Waals surface area contributed by atoms with E-state index in [1.165, 1.54) is 14.8 Å². The molecule has 176 valence electrons. The van der Waals surface area contributed by atoms with Gasteiger partial charge >= 0.3 is 0 Å². The fraction of sp³-hybridized carbons (Fsp3) is 0.593. The van der Waals surface area contributed by atoms with Crippen molar-refractivity contribution in [3.8, 4) is 0 Å². The molecule has 0 spiro atoms. The maximum atomic E-state index is 6.02. The van der Waals surface area contributed by atoms with E-state index in [0.29, 0.717) is 11.8 Å². The molecule has 0 bridgehead atoms. The first-order valence-corrected chi connectivity index (χ1v) is 13.9. The number of aryl methyl sites for hydroxylation is 2. The Balaban J connectivity index is 1.63. The van der Waals surface area contributed by atoms with Crippen molar-refractivity contribution in [1.29, 1.82) is 0 Å². The highest BCUT2D eigenvalue weighted by Crippen LogP contribution is 2.42. The van der Waals surface area contributed by atoms with Crippen LogP contribution < -0.4 is 0 Å². The van der Waals surface area contributed by atoms with Crippen LogP contribution in [0.4, 0.5) is 0 Å².